The number of aliphatic hydroxyl groups excluding tert-OH is 4. The quantitative estimate of drug-likeness (QED) is 0.0589. The standard InChI is InChI=1S/C56H87N7O17/c1-13-31(6)44(39(76-11)27-41(65)63-25-17-20-37(63)49(77-12)32(7)51(70)58-33(8)45(66)34-18-15-14-16-19-34)61(9)53(72)42(29(2)3)60-52(71)43(30(4)5)62(10)56(75)78-28-35-26-36(59-40(64)23-24-57)21-22-38(35)79-55-48(69)46(67)47(68)50(80-55)54(73)74/h14-16,18-19,21-22,26,29-33,37,39,42-50,55,66-69H,13,17,20,23-25,27-28,57H2,1-12H3,(H,58,70)(H,59,64)(H,60,71)(H,73,74)/t31-,32+,33+,37-,39+,42-,43-,44-,45+,46-,47-,48+,49+,50-,55+/m0/s1. The highest BCUT2D eigenvalue weighted by atomic mass is 16.7. The summed E-state index contributed by atoms with van der Waals surface area (Å²) < 4.78 is 28.8. The van der Waals surface area contributed by atoms with Crippen molar-refractivity contribution in [1.29, 1.82) is 0 Å². The number of carboxylic acid groups (broad SMARTS) is 1. The zero-order chi connectivity index (χ0) is 59.9. The minimum absolute atomic E-state index is 0.0259. The van der Waals surface area contributed by atoms with Crippen molar-refractivity contribution < 1.29 is 82.8 Å². The van der Waals surface area contributed by atoms with E-state index in [1.807, 2.05) is 32.0 Å². The van der Waals surface area contributed by atoms with E-state index in [9.17, 15) is 59.1 Å². The van der Waals surface area contributed by atoms with Gasteiger partial charge in [0.1, 0.15) is 42.8 Å². The fourth-order valence-corrected chi connectivity index (χ4v) is 10.4. The van der Waals surface area contributed by atoms with Crippen LogP contribution in [-0.4, -0.2) is 196 Å². The molecule has 2 aromatic carbocycles. The van der Waals surface area contributed by atoms with E-state index in [4.69, 9.17) is 29.4 Å². The molecule has 24 nitrogen and oxygen atoms in total. The Morgan fingerprint density at radius 3 is 2.09 bits per heavy atom. The summed E-state index contributed by atoms with van der Waals surface area (Å²) in [6.45, 7) is 14.1. The van der Waals surface area contributed by atoms with E-state index in [2.05, 4.69) is 16.0 Å². The molecular formula is C56H87N7O17. The van der Waals surface area contributed by atoms with Crippen molar-refractivity contribution in [3.05, 3.63) is 59.7 Å². The maximum absolute atomic E-state index is 14.8. The predicted molar refractivity (Wildman–Crippen MR) is 292 cm³/mol. The fraction of sp³-hybridized carbons (Fsp3) is 0.661. The lowest BCUT2D eigenvalue weighted by Crippen LogP contribution is -2.61. The van der Waals surface area contributed by atoms with Crippen LogP contribution >= 0.6 is 0 Å². The summed E-state index contributed by atoms with van der Waals surface area (Å²) in [5, 5.41) is 60.2. The Bertz CT molecular complexity index is 2380. The molecule has 2 aromatic rings. The first-order valence-electron chi connectivity index (χ1n) is 27.3. The number of methoxy groups -OCH3 is 2. The zero-order valence-electron chi connectivity index (χ0n) is 48.1. The summed E-state index contributed by atoms with van der Waals surface area (Å²) in [7, 11) is 5.91. The van der Waals surface area contributed by atoms with Gasteiger partial charge in [-0.15, -0.1) is 0 Å². The first kappa shape index (κ1) is 66.5. The summed E-state index contributed by atoms with van der Waals surface area (Å²) in [5.41, 5.74) is 6.47. The predicted octanol–water partition coefficient (Wildman–Crippen LogP) is 2.14. The second-order valence-electron chi connectivity index (χ2n) is 21.6. The van der Waals surface area contributed by atoms with Crippen molar-refractivity contribution in [3.8, 4) is 5.75 Å². The number of aliphatic carboxylic acids is 1. The number of amides is 6. The van der Waals surface area contributed by atoms with Gasteiger partial charge < -0.3 is 80.7 Å². The van der Waals surface area contributed by atoms with Gasteiger partial charge in [0.25, 0.3) is 0 Å². The van der Waals surface area contributed by atoms with Crippen LogP contribution in [0.5, 0.6) is 5.75 Å². The van der Waals surface area contributed by atoms with Gasteiger partial charge in [0, 0.05) is 59.1 Å². The van der Waals surface area contributed by atoms with Gasteiger partial charge in [-0.25, -0.2) is 9.59 Å². The molecule has 0 bridgehead atoms. The smallest absolute Gasteiger partial charge is 0.410 e. The topological polar surface area (TPSA) is 339 Å². The van der Waals surface area contributed by atoms with Crippen molar-refractivity contribution in [3.63, 3.8) is 0 Å². The largest absolute Gasteiger partial charge is 0.479 e. The number of likely N-dealkylation sites (tertiary alicyclic amines) is 1. The van der Waals surface area contributed by atoms with Crippen LogP contribution in [0, 0.1) is 23.7 Å². The Morgan fingerprint density at radius 1 is 0.850 bits per heavy atom. The molecule has 24 heteroatoms. The van der Waals surface area contributed by atoms with Gasteiger partial charge in [-0.1, -0.05) is 85.2 Å². The van der Waals surface area contributed by atoms with Crippen LogP contribution in [0.25, 0.3) is 0 Å². The Morgan fingerprint density at radius 2 is 1.51 bits per heavy atom. The summed E-state index contributed by atoms with van der Waals surface area (Å²) in [5.74, 6) is -5.88. The first-order chi connectivity index (χ1) is 37.7. The van der Waals surface area contributed by atoms with E-state index < -0.39 is 133 Å². The van der Waals surface area contributed by atoms with Gasteiger partial charge in [-0.3, -0.25) is 28.9 Å². The Hall–Kier alpha value is -5.99. The van der Waals surface area contributed by atoms with Crippen molar-refractivity contribution in [2.24, 2.45) is 29.4 Å². The molecule has 2 saturated heterocycles. The van der Waals surface area contributed by atoms with Gasteiger partial charge in [0.15, 0.2) is 6.10 Å². The molecule has 2 aliphatic rings. The van der Waals surface area contributed by atoms with E-state index in [1.165, 1.54) is 44.4 Å². The van der Waals surface area contributed by atoms with Crippen molar-refractivity contribution in [2.75, 3.05) is 46.7 Å². The van der Waals surface area contributed by atoms with Crippen LogP contribution in [-0.2, 0) is 54.3 Å². The van der Waals surface area contributed by atoms with Crippen LogP contribution < -0.4 is 26.4 Å². The number of anilines is 1. The first-order valence-corrected chi connectivity index (χ1v) is 27.3. The third kappa shape index (κ3) is 16.8. The van der Waals surface area contributed by atoms with Crippen LogP contribution in [0.3, 0.4) is 0 Å². The molecule has 6 amide bonds. The van der Waals surface area contributed by atoms with Gasteiger partial charge in [-0.2, -0.15) is 0 Å². The highest BCUT2D eigenvalue weighted by molar-refractivity contribution is 5.92. The lowest BCUT2D eigenvalue weighted by molar-refractivity contribution is -0.271. The molecule has 0 aromatic heterocycles. The lowest BCUT2D eigenvalue weighted by Gasteiger charge is -2.41. The molecule has 2 heterocycles. The number of carbonyl (C=O) groups is 7. The minimum atomic E-state index is -1.99. The van der Waals surface area contributed by atoms with Crippen molar-refractivity contribution in [2.45, 2.75) is 173 Å². The van der Waals surface area contributed by atoms with E-state index in [0.717, 1.165) is 4.90 Å². The Balaban J connectivity index is 1.50. The normalized spacial score (nSPS) is 22.6. The van der Waals surface area contributed by atoms with Gasteiger partial charge in [0.2, 0.25) is 35.8 Å². The average Bonchev–Trinajstić information content (AvgIpc) is 3.91. The van der Waals surface area contributed by atoms with Crippen LogP contribution in [0.1, 0.15) is 105 Å². The molecule has 0 saturated carbocycles. The molecule has 4 rings (SSSR count). The number of hydrogen-bond donors (Lipinski definition) is 9. The number of carbonyl (C=O) groups excluding carboxylic acids is 6. The van der Waals surface area contributed by atoms with Gasteiger partial charge in [0.05, 0.1) is 48.8 Å². The number of ether oxygens (including phenoxy) is 5. The Labute approximate surface area is 468 Å². The number of hydrogen-bond acceptors (Lipinski definition) is 17. The summed E-state index contributed by atoms with van der Waals surface area (Å²) in [4.78, 5) is 99.8. The number of likely N-dealkylation sites (N-methyl/N-ethyl adjacent to an activating group) is 2. The maximum atomic E-state index is 14.8. The molecule has 2 aliphatic heterocycles. The van der Waals surface area contributed by atoms with E-state index in [1.54, 1.807) is 65.6 Å². The van der Waals surface area contributed by atoms with Crippen LogP contribution in [0.2, 0.25) is 0 Å². The molecule has 0 spiro atoms. The zero-order valence-corrected chi connectivity index (χ0v) is 48.1. The molecule has 10 N–H and O–H groups in total. The molecular weight excluding hydrogens is 1040 g/mol. The van der Waals surface area contributed by atoms with Crippen molar-refractivity contribution >= 4 is 47.3 Å². The molecule has 2 fully saturated rings. The van der Waals surface area contributed by atoms with Crippen LogP contribution in [0.4, 0.5) is 10.5 Å². The second kappa shape index (κ2) is 30.7. The highest BCUT2D eigenvalue weighted by Gasteiger charge is 2.49. The number of nitrogens with one attached hydrogen (secondary N) is 3. The number of rotatable bonds is 28. The molecule has 0 radical (unpaired) electrons. The number of nitrogens with two attached hydrogens (primary N) is 1. The molecule has 15 atom stereocenters. The number of carboxylic acids is 1. The fourth-order valence-electron chi connectivity index (χ4n) is 10.4. The monoisotopic (exact) mass is 1130 g/mol. The molecule has 80 heavy (non-hydrogen) atoms. The second-order valence-corrected chi connectivity index (χ2v) is 21.6. The number of benzene rings is 2. The average molecular weight is 1130 g/mol. The third-order valence-corrected chi connectivity index (χ3v) is 15.2. The number of nitrogens with zero attached hydrogens (tertiary/aromatic N) is 3. The SMILES string of the molecule is CC[C@H](C)[C@@H]([C@@H](CC(=O)N1CCC[C@H]1[C@H](OC)[C@@H](C)C(=O)N[C@H](C)[C@@H](O)c1ccccc1)OC)N(C)C(=O)[C@@H](NC(=O)[C@H](C(C)C)N(C)C(=O)OCc1cc(NC(=O)CCN)ccc1O[C@@H]1O[C@H](C(=O)O)[C@@H](O)[C@H](O)[C@H]1O)C(C)C. The molecule has 448 valence electrons. The van der Waals surface area contributed by atoms with Crippen molar-refractivity contribution in [1.82, 2.24) is 25.3 Å². The Kier molecular flexibility index (Phi) is 25.5. The van der Waals surface area contributed by atoms with Crippen LogP contribution in [0.15, 0.2) is 48.5 Å². The molecule has 0 aliphatic carbocycles. The highest BCUT2D eigenvalue weighted by Crippen LogP contribution is 2.32. The number of aliphatic hydroxyl groups is 4. The van der Waals surface area contributed by atoms with Gasteiger partial charge in [-0.05, 0) is 61.3 Å². The van der Waals surface area contributed by atoms with E-state index in [0.29, 0.717) is 31.4 Å². The maximum Gasteiger partial charge on any atom is 0.410 e. The van der Waals surface area contributed by atoms with Gasteiger partial charge >= 0.3 is 12.1 Å². The summed E-state index contributed by atoms with van der Waals surface area (Å²) in [6.07, 6.45) is -11.5. The van der Waals surface area contributed by atoms with E-state index >= 15 is 0 Å². The lowest BCUT2D eigenvalue weighted by atomic mass is 9.89. The van der Waals surface area contributed by atoms with E-state index in [-0.39, 0.29) is 54.1 Å². The third-order valence-electron chi connectivity index (χ3n) is 15.2. The minimum Gasteiger partial charge on any atom is -0.479 e. The summed E-state index contributed by atoms with van der Waals surface area (Å²) >= 11 is 0. The molecule has 0 unspecified atom stereocenters. The summed E-state index contributed by atoms with van der Waals surface area (Å²) in [6, 6.07) is 9.04.